The second kappa shape index (κ2) is 6.63. The van der Waals surface area contributed by atoms with E-state index in [1.807, 2.05) is 11.6 Å². The molecule has 0 spiro atoms. The predicted molar refractivity (Wildman–Crippen MR) is 82.3 cm³/mol. The summed E-state index contributed by atoms with van der Waals surface area (Å²) in [6.45, 7) is 8.07. The van der Waals surface area contributed by atoms with Gasteiger partial charge in [0.05, 0.1) is 21.9 Å². The van der Waals surface area contributed by atoms with E-state index in [0.29, 0.717) is 0 Å². The lowest BCUT2D eigenvalue weighted by atomic mass is 10.3. The number of rotatable bonds is 6. The van der Waals surface area contributed by atoms with Crippen molar-refractivity contribution in [3.05, 3.63) is 32.4 Å². The summed E-state index contributed by atoms with van der Waals surface area (Å²) in [7, 11) is 0. The molecule has 0 fully saturated rings. The minimum atomic E-state index is 0.261. The first kappa shape index (κ1) is 14.7. The topological polar surface area (TPSA) is 42.7 Å². The van der Waals surface area contributed by atoms with Crippen LogP contribution < -0.4 is 5.32 Å². The SMILES string of the molecule is CCc1nn(CC)c(CNC(C)c2nccs2)c1Br. The molecule has 0 saturated heterocycles. The van der Waals surface area contributed by atoms with Crippen LogP contribution in [-0.4, -0.2) is 14.8 Å². The first-order chi connectivity index (χ1) is 9.17. The highest BCUT2D eigenvalue weighted by molar-refractivity contribution is 9.10. The van der Waals surface area contributed by atoms with Crippen LogP contribution in [0.2, 0.25) is 0 Å². The number of thiazole rings is 1. The van der Waals surface area contributed by atoms with Gasteiger partial charge in [0.15, 0.2) is 0 Å². The van der Waals surface area contributed by atoms with Crippen LogP contribution >= 0.6 is 27.3 Å². The molecule has 0 amide bonds. The Hall–Kier alpha value is -0.720. The molecule has 0 aliphatic rings. The second-order valence-electron chi connectivity index (χ2n) is 4.35. The van der Waals surface area contributed by atoms with Crippen LogP contribution in [0.3, 0.4) is 0 Å². The summed E-state index contributed by atoms with van der Waals surface area (Å²) in [5, 5.41) is 11.2. The van der Waals surface area contributed by atoms with E-state index < -0.39 is 0 Å². The molecule has 6 heteroatoms. The lowest BCUT2D eigenvalue weighted by molar-refractivity contribution is 0.528. The molecule has 104 valence electrons. The van der Waals surface area contributed by atoms with Crippen molar-refractivity contribution >= 4 is 27.3 Å². The van der Waals surface area contributed by atoms with E-state index in [2.05, 4.69) is 56.8 Å². The van der Waals surface area contributed by atoms with Gasteiger partial charge in [0, 0.05) is 24.7 Å². The normalized spacial score (nSPS) is 12.8. The average molecular weight is 343 g/mol. The molecule has 0 aliphatic heterocycles. The Morgan fingerprint density at radius 3 is 2.84 bits per heavy atom. The number of nitrogens with zero attached hydrogens (tertiary/aromatic N) is 3. The number of hydrogen-bond acceptors (Lipinski definition) is 4. The summed E-state index contributed by atoms with van der Waals surface area (Å²) in [6, 6.07) is 0.261. The predicted octanol–water partition coefficient (Wildman–Crippen LogP) is 3.54. The Morgan fingerprint density at radius 1 is 1.47 bits per heavy atom. The molecule has 1 unspecified atom stereocenters. The third-order valence-electron chi connectivity index (χ3n) is 3.09. The highest BCUT2D eigenvalue weighted by Crippen LogP contribution is 2.23. The molecule has 0 saturated carbocycles. The van der Waals surface area contributed by atoms with Gasteiger partial charge in [-0.05, 0) is 36.2 Å². The average Bonchev–Trinajstić information content (AvgIpc) is 3.04. The van der Waals surface area contributed by atoms with Gasteiger partial charge in [-0.15, -0.1) is 11.3 Å². The van der Waals surface area contributed by atoms with Crippen LogP contribution in [0.5, 0.6) is 0 Å². The molecule has 0 radical (unpaired) electrons. The van der Waals surface area contributed by atoms with E-state index in [-0.39, 0.29) is 6.04 Å². The van der Waals surface area contributed by atoms with Gasteiger partial charge in [-0.2, -0.15) is 5.10 Å². The second-order valence-corrected chi connectivity index (χ2v) is 6.07. The standard InChI is InChI=1S/C13H19BrN4S/c1-4-10-12(14)11(18(5-2)17-10)8-16-9(3)13-15-6-7-19-13/h6-7,9,16H,4-5,8H2,1-3H3. The van der Waals surface area contributed by atoms with Crippen molar-refractivity contribution in [3.63, 3.8) is 0 Å². The molecule has 2 aromatic rings. The van der Waals surface area contributed by atoms with Crippen LogP contribution in [-0.2, 0) is 19.5 Å². The summed E-state index contributed by atoms with van der Waals surface area (Å²) < 4.78 is 3.19. The zero-order valence-corrected chi connectivity index (χ0v) is 13.9. The van der Waals surface area contributed by atoms with Gasteiger partial charge < -0.3 is 5.32 Å². The van der Waals surface area contributed by atoms with Gasteiger partial charge >= 0.3 is 0 Å². The minimum Gasteiger partial charge on any atom is -0.302 e. The van der Waals surface area contributed by atoms with E-state index in [1.165, 1.54) is 5.69 Å². The summed E-state index contributed by atoms with van der Waals surface area (Å²) in [6.07, 6.45) is 2.79. The van der Waals surface area contributed by atoms with E-state index in [1.54, 1.807) is 11.3 Å². The summed E-state index contributed by atoms with van der Waals surface area (Å²) in [5.74, 6) is 0. The first-order valence-electron chi connectivity index (χ1n) is 6.54. The van der Waals surface area contributed by atoms with Crippen molar-refractivity contribution in [2.24, 2.45) is 0 Å². The molecule has 1 N–H and O–H groups in total. The molecule has 19 heavy (non-hydrogen) atoms. The summed E-state index contributed by atoms with van der Waals surface area (Å²) in [4.78, 5) is 4.34. The van der Waals surface area contributed by atoms with E-state index >= 15 is 0 Å². The molecule has 0 bridgehead atoms. The maximum atomic E-state index is 4.60. The van der Waals surface area contributed by atoms with Crippen LogP contribution in [0.1, 0.15) is 43.2 Å². The van der Waals surface area contributed by atoms with E-state index in [9.17, 15) is 0 Å². The van der Waals surface area contributed by atoms with Crippen molar-refractivity contribution in [3.8, 4) is 0 Å². The molecule has 1 atom stereocenters. The number of aryl methyl sites for hydroxylation is 2. The zero-order chi connectivity index (χ0) is 13.8. The maximum Gasteiger partial charge on any atom is 0.109 e. The monoisotopic (exact) mass is 342 g/mol. The Kier molecular flexibility index (Phi) is 5.13. The minimum absolute atomic E-state index is 0.261. The molecule has 2 rings (SSSR count). The Labute approximate surface area is 126 Å². The van der Waals surface area contributed by atoms with Crippen molar-refractivity contribution in [1.82, 2.24) is 20.1 Å². The quantitative estimate of drug-likeness (QED) is 0.872. The maximum absolute atomic E-state index is 4.60. The fraction of sp³-hybridized carbons (Fsp3) is 0.538. The van der Waals surface area contributed by atoms with Gasteiger partial charge in [0.2, 0.25) is 0 Å². The highest BCUT2D eigenvalue weighted by atomic mass is 79.9. The van der Waals surface area contributed by atoms with Crippen LogP contribution in [0.25, 0.3) is 0 Å². The zero-order valence-electron chi connectivity index (χ0n) is 11.5. The van der Waals surface area contributed by atoms with Crippen LogP contribution in [0, 0.1) is 0 Å². The number of halogens is 1. The van der Waals surface area contributed by atoms with Gasteiger partial charge in [-0.25, -0.2) is 4.98 Å². The number of aromatic nitrogens is 3. The van der Waals surface area contributed by atoms with Crippen molar-refractivity contribution in [1.29, 1.82) is 0 Å². The fourth-order valence-electron chi connectivity index (χ4n) is 1.97. The molecule has 4 nitrogen and oxygen atoms in total. The first-order valence-corrected chi connectivity index (χ1v) is 8.21. The Morgan fingerprint density at radius 2 is 2.26 bits per heavy atom. The Bertz CT molecular complexity index is 521. The van der Waals surface area contributed by atoms with Crippen molar-refractivity contribution in [2.45, 2.75) is 46.3 Å². The van der Waals surface area contributed by atoms with Crippen LogP contribution in [0.4, 0.5) is 0 Å². The van der Waals surface area contributed by atoms with Gasteiger partial charge in [-0.3, -0.25) is 4.68 Å². The third kappa shape index (κ3) is 3.24. The van der Waals surface area contributed by atoms with E-state index in [4.69, 9.17) is 0 Å². The fourth-order valence-corrected chi connectivity index (χ4v) is 3.35. The summed E-state index contributed by atoms with van der Waals surface area (Å²) in [5.41, 5.74) is 2.34. The molecule has 2 aromatic heterocycles. The Balaban J connectivity index is 2.08. The molecular formula is C13H19BrN4S. The van der Waals surface area contributed by atoms with Gasteiger partial charge in [0.1, 0.15) is 5.01 Å². The lowest BCUT2D eigenvalue weighted by Gasteiger charge is -2.12. The third-order valence-corrected chi connectivity index (χ3v) is 4.97. The summed E-state index contributed by atoms with van der Waals surface area (Å²) >= 11 is 5.35. The van der Waals surface area contributed by atoms with Gasteiger partial charge in [0.25, 0.3) is 0 Å². The van der Waals surface area contributed by atoms with Crippen molar-refractivity contribution in [2.75, 3.05) is 0 Å². The lowest BCUT2D eigenvalue weighted by Crippen LogP contribution is -2.20. The molecular weight excluding hydrogens is 324 g/mol. The number of nitrogens with one attached hydrogen (secondary N) is 1. The van der Waals surface area contributed by atoms with Crippen molar-refractivity contribution < 1.29 is 0 Å². The molecule has 0 aliphatic carbocycles. The number of hydrogen-bond donors (Lipinski definition) is 1. The van der Waals surface area contributed by atoms with E-state index in [0.717, 1.165) is 34.7 Å². The van der Waals surface area contributed by atoms with Gasteiger partial charge in [-0.1, -0.05) is 6.92 Å². The molecule has 0 aromatic carbocycles. The smallest absolute Gasteiger partial charge is 0.109 e. The molecule has 2 heterocycles. The largest absolute Gasteiger partial charge is 0.302 e. The highest BCUT2D eigenvalue weighted by Gasteiger charge is 2.15. The van der Waals surface area contributed by atoms with Crippen LogP contribution in [0.15, 0.2) is 16.0 Å².